The minimum Gasteiger partial charge on any atom is -0.324 e. The monoisotopic (exact) mass is 260 g/mol. The lowest BCUT2D eigenvalue weighted by Crippen LogP contribution is -2.46. The fourth-order valence-corrected chi connectivity index (χ4v) is 2.74. The van der Waals surface area contributed by atoms with E-state index in [-0.39, 0.29) is 11.9 Å². The maximum absolute atomic E-state index is 12.3. The molecule has 2 rings (SSSR count). The van der Waals surface area contributed by atoms with Crippen molar-refractivity contribution in [3.05, 3.63) is 29.8 Å². The van der Waals surface area contributed by atoms with Gasteiger partial charge in [0.05, 0.1) is 6.04 Å². The first kappa shape index (κ1) is 14.1. The summed E-state index contributed by atoms with van der Waals surface area (Å²) >= 11 is 0. The smallest absolute Gasteiger partial charge is 0.241 e. The zero-order valence-electron chi connectivity index (χ0n) is 11.9. The average Bonchev–Trinajstić information content (AvgIpc) is 2.47. The second-order valence-electron chi connectivity index (χ2n) is 5.31. The van der Waals surface area contributed by atoms with Gasteiger partial charge in [0.2, 0.25) is 5.91 Å². The van der Waals surface area contributed by atoms with Crippen LogP contribution < -0.4 is 10.6 Å². The number of rotatable bonds is 4. The standard InChI is InChI=1S/C16H24N2O/c1-3-12-9-10-17-15(11-12)16(19)18-14-8-6-5-7-13(14)4-2/h5-8,12,15,17H,3-4,9-11H2,1-2H3,(H,18,19). The SMILES string of the molecule is CCc1ccccc1NC(=O)C1CC(CC)CCN1. The topological polar surface area (TPSA) is 41.1 Å². The first-order chi connectivity index (χ1) is 9.24. The molecule has 2 N–H and O–H groups in total. The van der Waals surface area contributed by atoms with E-state index >= 15 is 0 Å². The minimum absolute atomic E-state index is 0.0383. The molecule has 2 atom stereocenters. The molecule has 3 heteroatoms. The highest BCUT2D eigenvalue weighted by atomic mass is 16.2. The van der Waals surface area contributed by atoms with Gasteiger partial charge in [0.15, 0.2) is 0 Å². The number of hydrogen-bond acceptors (Lipinski definition) is 2. The Morgan fingerprint density at radius 2 is 2.16 bits per heavy atom. The average molecular weight is 260 g/mol. The van der Waals surface area contributed by atoms with Gasteiger partial charge in [-0.2, -0.15) is 0 Å². The third-order valence-electron chi connectivity index (χ3n) is 4.06. The number of amides is 1. The quantitative estimate of drug-likeness (QED) is 0.874. The van der Waals surface area contributed by atoms with Gasteiger partial charge in [0, 0.05) is 5.69 Å². The predicted octanol–water partition coefficient (Wildman–Crippen LogP) is 2.97. The van der Waals surface area contributed by atoms with Crippen LogP contribution in [0.25, 0.3) is 0 Å². The van der Waals surface area contributed by atoms with E-state index in [9.17, 15) is 4.79 Å². The maximum atomic E-state index is 12.3. The van der Waals surface area contributed by atoms with Crippen LogP contribution in [-0.2, 0) is 11.2 Å². The molecule has 1 aromatic carbocycles. The van der Waals surface area contributed by atoms with Crippen molar-refractivity contribution in [3.8, 4) is 0 Å². The highest BCUT2D eigenvalue weighted by Gasteiger charge is 2.26. The maximum Gasteiger partial charge on any atom is 0.241 e. The van der Waals surface area contributed by atoms with Crippen LogP contribution in [0.15, 0.2) is 24.3 Å². The van der Waals surface area contributed by atoms with Gasteiger partial charge < -0.3 is 10.6 Å². The number of carbonyl (C=O) groups excluding carboxylic acids is 1. The van der Waals surface area contributed by atoms with Gasteiger partial charge in [-0.05, 0) is 43.4 Å². The molecule has 2 unspecified atom stereocenters. The first-order valence-electron chi connectivity index (χ1n) is 7.36. The molecule has 1 saturated heterocycles. The Hall–Kier alpha value is -1.35. The van der Waals surface area contributed by atoms with Crippen molar-refractivity contribution in [2.75, 3.05) is 11.9 Å². The Balaban J connectivity index is 2.00. The zero-order valence-corrected chi connectivity index (χ0v) is 11.9. The van der Waals surface area contributed by atoms with E-state index in [1.165, 1.54) is 12.0 Å². The Morgan fingerprint density at radius 1 is 1.37 bits per heavy atom. The molecular formula is C16H24N2O. The van der Waals surface area contributed by atoms with Gasteiger partial charge in [-0.25, -0.2) is 0 Å². The van der Waals surface area contributed by atoms with E-state index in [4.69, 9.17) is 0 Å². The predicted molar refractivity (Wildman–Crippen MR) is 79.3 cm³/mol. The number of hydrogen-bond donors (Lipinski definition) is 2. The number of carbonyl (C=O) groups is 1. The number of aryl methyl sites for hydroxylation is 1. The van der Waals surface area contributed by atoms with Crippen molar-refractivity contribution >= 4 is 11.6 Å². The lowest BCUT2D eigenvalue weighted by molar-refractivity contribution is -0.119. The Morgan fingerprint density at radius 3 is 2.89 bits per heavy atom. The second kappa shape index (κ2) is 6.71. The van der Waals surface area contributed by atoms with Crippen molar-refractivity contribution in [2.24, 2.45) is 5.92 Å². The molecule has 19 heavy (non-hydrogen) atoms. The van der Waals surface area contributed by atoms with Gasteiger partial charge in [-0.3, -0.25) is 4.79 Å². The summed E-state index contributed by atoms with van der Waals surface area (Å²) < 4.78 is 0. The van der Waals surface area contributed by atoms with Crippen LogP contribution in [0.5, 0.6) is 0 Å². The van der Waals surface area contributed by atoms with Crippen LogP contribution in [0.3, 0.4) is 0 Å². The molecule has 0 aromatic heterocycles. The summed E-state index contributed by atoms with van der Waals surface area (Å²) in [5.74, 6) is 0.789. The molecule has 0 bridgehead atoms. The molecule has 0 spiro atoms. The molecule has 1 heterocycles. The molecule has 1 aromatic rings. The third-order valence-corrected chi connectivity index (χ3v) is 4.06. The fraction of sp³-hybridized carbons (Fsp3) is 0.562. The fourth-order valence-electron chi connectivity index (χ4n) is 2.74. The van der Waals surface area contributed by atoms with Crippen LogP contribution in [0.1, 0.15) is 38.7 Å². The summed E-state index contributed by atoms with van der Waals surface area (Å²) in [6.07, 6.45) is 4.24. The Labute approximate surface area is 115 Å². The molecule has 0 aliphatic carbocycles. The first-order valence-corrected chi connectivity index (χ1v) is 7.36. The van der Waals surface area contributed by atoms with Crippen molar-refractivity contribution < 1.29 is 4.79 Å². The largest absolute Gasteiger partial charge is 0.324 e. The molecule has 1 aliphatic rings. The van der Waals surface area contributed by atoms with Crippen LogP contribution >= 0.6 is 0 Å². The van der Waals surface area contributed by atoms with Crippen molar-refractivity contribution in [3.63, 3.8) is 0 Å². The lowest BCUT2D eigenvalue weighted by Gasteiger charge is -2.29. The van der Waals surface area contributed by atoms with Crippen LogP contribution in [0.2, 0.25) is 0 Å². The summed E-state index contributed by atoms with van der Waals surface area (Å²) in [5, 5.41) is 6.40. The van der Waals surface area contributed by atoms with Gasteiger partial charge in [-0.15, -0.1) is 0 Å². The molecule has 1 fully saturated rings. The van der Waals surface area contributed by atoms with E-state index < -0.39 is 0 Å². The highest BCUT2D eigenvalue weighted by molar-refractivity contribution is 5.95. The van der Waals surface area contributed by atoms with E-state index in [0.717, 1.165) is 31.5 Å². The zero-order chi connectivity index (χ0) is 13.7. The third kappa shape index (κ3) is 3.57. The van der Waals surface area contributed by atoms with Gasteiger partial charge >= 0.3 is 0 Å². The van der Waals surface area contributed by atoms with Crippen molar-refractivity contribution in [1.82, 2.24) is 5.32 Å². The van der Waals surface area contributed by atoms with Crippen LogP contribution in [0.4, 0.5) is 5.69 Å². The van der Waals surface area contributed by atoms with Crippen LogP contribution in [-0.4, -0.2) is 18.5 Å². The van der Waals surface area contributed by atoms with Crippen molar-refractivity contribution in [2.45, 2.75) is 45.6 Å². The van der Waals surface area contributed by atoms with E-state index in [1.807, 2.05) is 18.2 Å². The number of benzene rings is 1. The summed E-state index contributed by atoms with van der Waals surface area (Å²) in [5.41, 5.74) is 2.15. The summed E-state index contributed by atoms with van der Waals surface area (Å²) in [7, 11) is 0. The molecule has 3 nitrogen and oxygen atoms in total. The molecule has 0 radical (unpaired) electrons. The van der Waals surface area contributed by atoms with E-state index in [1.54, 1.807) is 0 Å². The number of nitrogens with one attached hydrogen (secondary N) is 2. The number of anilines is 1. The molecule has 1 aliphatic heterocycles. The molecular weight excluding hydrogens is 236 g/mol. The summed E-state index contributed by atoms with van der Waals surface area (Å²) in [4.78, 5) is 12.3. The van der Waals surface area contributed by atoms with E-state index in [2.05, 4.69) is 30.5 Å². The van der Waals surface area contributed by atoms with Gasteiger partial charge in [0.25, 0.3) is 0 Å². The van der Waals surface area contributed by atoms with Crippen LogP contribution in [0, 0.1) is 5.92 Å². The van der Waals surface area contributed by atoms with Crippen molar-refractivity contribution in [1.29, 1.82) is 0 Å². The molecule has 1 amide bonds. The Bertz CT molecular complexity index is 431. The minimum atomic E-state index is -0.0383. The Kier molecular flexibility index (Phi) is 4.97. The van der Waals surface area contributed by atoms with Gasteiger partial charge in [0.1, 0.15) is 0 Å². The molecule has 104 valence electrons. The summed E-state index contributed by atoms with van der Waals surface area (Å²) in [6, 6.07) is 8.00. The lowest BCUT2D eigenvalue weighted by atomic mass is 9.90. The number of piperidine rings is 1. The van der Waals surface area contributed by atoms with Gasteiger partial charge in [-0.1, -0.05) is 38.5 Å². The normalized spacial score (nSPS) is 23.1. The summed E-state index contributed by atoms with van der Waals surface area (Å²) in [6.45, 7) is 5.26. The van der Waals surface area contributed by atoms with E-state index in [0.29, 0.717) is 5.92 Å². The number of para-hydroxylation sites is 1. The molecule has 0 saturated carbocycles. The second-order valence-corrected chi connectivity index (χ2v) is 5.31. The highest BCUT2D eigenvalue weighted by Crippen LogP contribution is 2.21.